The van der Waals surface area contributed by atoms with Crippen LogP contribution in [0.5, 0.6) is 0 Å². The standard InChI is InChI=1S/C21H27N3O4/c1-22-19(25)18-10-28-21(11-23(18)7-14-2-3-14)12-24(13-21)20(26)15-4-5-16-8-27-9-17(16)6-15/h4-6,14,18H,2-3,7-13H2,1H3,(H,22,25)/t18-/m1/s1. The van der Waals surface area contributed by atoms with Crippen molar-refractivity contribution in [3.63, 3.8) is 0 Å². The molecule has 2 saturated heterocycles. The van der Waals surface area contributed by atoms with Gasteiger partial charge in [-0.1, -0.05) is 6.07 Å². The van der Waals surface area contributed by atoms with Crippen molar-refractivity contribution in [1.29, 1.82) is 0 Å². The highest BCUT2D eigenvalue weighted by molar-refractivity contribution is 5.95. The molecule has 0 radical (unpaired) electrons. The topological polar surface area (TPSA) is 71.1 Å². The third-order valence-corrected chi connectivity index (χ3v) is 6.43. The van der Waals surface area contributed by atoms with Gasteiger partial charge in [0.15, 0.2) is 0 Å². The van der Waals surface area contributed by atoms with E-state index in [2.05, 4.69) is 10.2 Å². The molecule has 1 spiro atoms. The second kappa shape index (κ2) is 6.83. The van der Waals surface area contributed by atoms with E-state index in [1.807, 2.05) is 23.1 Å². The van der Waals surface area contributed by atoms with Gasteiger partial charge in [0.2, 0.25) is 5.91 Å². The molecule has 3 fully saturated rings. The van der Waals surface area contributed by atoms with Crippen LogP contribution in [-0.4, -0.2) is 73.1 Å². The molecule has 1 N–H and O–H groups in total. The molecule has 2 amide bonds. The van der Waals surface area contributed by atoms with Gasteiger partial charge in [-0.25, -0.2) is 0 Å². The molecule has 3 heterocycles. The lowest BCUT2D eigenvalue weighted by Gasteiger charge is -2.55. The molecule has 7 nitrogen and oxygen atoms in total. The minimum atomic E-state index is -0.338. The Labute approximate surface area is 165 Å². The van der Waals surface area contributed by atoms with Crippen molar-refractivity contribution in [3.05, 3.63) is 34.9 Å². The Hall–Kier alpha value is -1.96. The smallest absolute Gasteiger partial charge is 0.254 e. The summed E-state index contributed by atoms with van der Waals surface area (Å²) in [5.74, 6) is 0.767. The zero-order valence-corrected chi connectivity index (χ0v) is 16.3. The molecule has 5 rings (SSSR count). The molecule has 150 valence electrons. The predicted octanol–water partition coefficient (Wildman–Crippen LogP) is 0.768. The van der Waals surface area contributed by atoms with Crippen LogP contribution in [0.3, 0.4) is 0 Å². The van der Waals surface area contributed by atoms with Crippen LogP contribution in [0.15, 0.2) is 18.2 Å². The van der Waals surface area contributed by atoms with Crippen molar-refractivity contribution >= 4 is 11.8 Å². The van der Waals surface area contributed by atoms with Crippen LogP contribution in [0.4, 0.5) is 0 Å². The van der Waals surface area contributed by atoms with Gasteiger partial charge in [-0.05, 0) is 42.0 Å². The normalized spacial score (nSPS) is 26.0. The summed E-state index contributed by atoms with van der Waals surface area (Å²) in [6.45, 7) is 4.44. The van der Waals surface area contributed by atoms with Gasteiger partial charge in [0.05, 0.1) is 32.9 Å². The Morgan fingerprint density at radius 3 is 2.71 bits per heavy atom. The van der Waals surface area contributed by atoms with E-state index in [0.29, 0.717) is 50.9 Å². The minimum Gasteiger partial charge on any atom is -0.372 e. The number of ether oxygens (including phenoxy) is 2. The van der Waals surface area contributed by atoms with Gasteiger partial charge in [-0.15, -0.1) is 0 Å². The number of nitrogens with one attached hydrogen (secondary N) is 1. The van der Waals surface area contributed by atoms with Gasteiger partial charge in [-0.3, -0.25) is 14.5 Å². The molecule has 3 aliphatic heterocycles. The number of hydrogen-bond acceptors (Lipinski definition) is 5. The SMILES string of the molecule is CNC(=O)[C@H]1COC2(CN(C(=O)c3ccc4c(c3)COC4)C2)CN1CC1CC1. The molecule has 0 bridgehead atoms. The lowest BCUT2D eigenvalue weighted by atomic mass is 9.89. The molecule has 0 unspecified atom stereocenters. The zero-order valence-electron chi connectivity index (χ0n) is 16.3. The highest BCUT2D eigenvalue weighted by atomic mass is 16.5. The number of likely N-dealkylation sites (N-methyl/N-ethyl adjacent to an activating group) is 1. The summed E-state index contributed by atoms with van der Waals surface area (Å²) in [4.78, 5) is 29.3. The first-order chi connectivity index (χ1) is 13.6. The number of hydrogen-bond donors (Lipinski definition) is 1. The number of carbonyl (C=O) groups is 2. The third-order valence-electron chi connectivity index (χ3n) is 6.43. The molecule has 1 aromatic rings. The van der Waals surface area contributed by atoms with Crippen LogP contribution < -0.4 is 5.32 Å². The maximum absolute atomic E-state index is 12.9. The molecule has 1 aliphatic carbocycles. The molecule has 1 atom stereocenters. The van der Waals surface area contributed by atoms with Crippen molar-refractivity contribution in [1.82, 2.24) is 15.1 Å². The van der Waals surface area contributed by atoms with Crippen LogP contribution in [0, 0.1) is 5.92 Å². The molecular weight excluding hydrogens is 358 g/mol. The summed E-state index contributed by atoms with van der Waals surface area (Å²) >= 11 is 0. The van der Waals surface area contributed by atoms with E-state index in [4.69, 9.17) is 9.47 Å². The van der Waals surface area contributed by atoms with E-state index < -0.39 is 0 Å². The Balaban J connectivity index is 1.24. The highest BCUT2D eigenvalue weighted by Gasteiger charge is 2.52. The van der Waals surface area contributed by atoms with E-state index in [1.54, 1.807) is 7.05 Å². The second-order valence-corrected chi connectivity index (χ2v) is 8.63. The van der Waals surface area contributed by atoms with E-state index in [0.717, 1.165) is 12.1 Å². The second-order valence-electron chi connectivity index (χ2n) is 8.63. The lowest BCUT2D eigenvalue weighted by Crippen LogP contribution is -2.73. The van der Waals surface area contributed by atoms with Crippen LogP contribution in [-0.2, 0) is 27.5 Å². The highest BCUT2D eigenvalue weighted by Crippen LogP contribution is 2.36. The molecule has 1 aromatic carbocycles. The quantitative estimate of drug-likeness (QED) is 0.829. The maximum atomic E-state index is 12.9. The Kier molecular flexibility index (Phi) is 4.41. The first-order valence-electron chi connectivity index (χ1n) is 10.2. The van der Waals surface area contributed by atoms with Crippen LogP contribution in [0.1, 0.15) is 34.3 Å². The number of rotatable bonds is 4. The summed E-state index contributed by atoms with van der Waals surface area (Å²) in [5.41, 5.74) is 2.66. The van der Waals surface area contributed by atoms with Crippen molar-refractivity contribution in [3.8, 4) is 0 Å². The molecule has 1 saturated carbocycles. The summed E-state index contributed by atoms with van der Waals surface area (Å²) in [7, 11) is 1.67. The molecular formula is C21H27N3O4. The first-order valence-corrected chi connectivity index (χ1v) is 10.2. The number of likely N-dealkylation sites (tertiary alicyclic amines) is 1. The Bertz CT molecular complexity index is 801. The summed E-state index contributed by atoms with van der Waals surface area (Å²) in [6, 6.07) is 5.62. The van der Waals surface area contributed by atoms with Gasteiger partial charge < -0.3 is 19.7 Å². The molecule has 4 aliphatic rings. The number of carbonyl (C=O) groups excluding carboxylic acids is 2. The van der Waals surface area contributed by atoms with Crippen molar-refractivity contribution in [2.75, 3.05) is 39.8 Å². The fraction of sp³-hybridized carbons (Fsp3) is 0.619. The largest absolute Gasteiger partial charge is 0.372 e. The van der Waals surface area contributed by atoms with Gasteiger partial charge in [-0.2, -0.15) is 0 Å². The fourth-order valence-corrected chi connectivity index (χ4v) is 4.59. The van der Waals surface area contributed by atoms with Crippen molar-refractivity contribution in [2.24, 2.45) is 5.92 Å². The minimum absolute atomic E-state index is 0.0168. The van der Waals surface area contributed by atoms with E-state index in [-0.39, 0.29) is 23.5 Å². The third kappa shape index (κ3) is 3.21. The molecule has 0 aromatic heterocycles. The van der Waals surface area contributed by atoms with Gasteiger partial charge >= 0.3 is 0 Å². The summed E-state index contributed by atoms with van der Waals surface area (Å²) in [6.07, 6.45) is 2.49. The summed E-state index contributed by atoms with van der Waals surface area (Å²) < 4.78 is 11.6. The number of fused-ring (bicyclic) bond motifs is 1. The predicted molar refractivity (Wildman–Crippen MR) is 102 cm³/mol. The van der Waals surface area contributed by atoms with Gasteiger partial charge in [0.1, 0.15) is 11.6 Å². The number of benzene rings is 1. The average Bonchev–Trinajstić information content (AvgIpc) is 3.37. The number of morpholine rings is 1. The average molecular weight is 385 g/mol. The Morgan fingerprint density at radius 1 is 1.18 bits per heavy atom. The van der Waals surface area contributed by atoms with Crippen LogP contribution in [0.25, 0.3) is 0 Å². The molecule has 28 heavy (non-hydrogen) atoms. The van der Waals surface area contributed by atoms with E-state index in [9.17, 15) is 9.59 Å². The lowest BCUT2D eigenvalue weighted by molar-refractivity contribution is -0.191. The van der Waals surface area contributed by atoms with Crippen molar-refractivity contribution < 1.29 is 19.1 Å². The maximum Gasteiger partial charge on any atom is 0.254 e. The van der Waals surface area contributed by atoms with Gasteiger partial charge in [0.25, 0.3) is 5.91 Å². The summed E-state index contributed by atoms with van der Waals surface area (Å²) in [5, 5.41) is 2.76. The van der Waals surface area contributed by atoms with Crippen molar-refractivity contribution in [2.45, 2.75) is 37.7 Å². The first kappa shape index (κ1) is 18.1. The fourth-order valence-electron chi connectivity index (χ4n) is 4.59. The Morgan fingerprint density at radius 2 is 1.96 bits per heavy atom. The zero-order chi connectivity index (χ0) is 19.3. The molecule has 7 heteroatoms. The number of amides is 2. The number of nitrogens with zero attached hydrogens (tertiary/aromatic N) is 2. The van der Waals surface area contributed by atoms with Crippen LogP contribution in [0.2, 0.25) is 0 Å². The van der Waals surface area contributed by atoms with E-state index in [1.165, 1.54) is 18.4 Å². The van der Waals surface area contributed by atoms with Gasteiger partial charge in [0, 0.05) is 25.7 Å². The monoisotopic (exact) mass is 385 g/mol. The van der Waals surface area contributed by atoms with Crippen LogP contribution >= 0.6 is 0 Å². The van der Waals surface area contributed by atoms with E-state index >= 15 is 0 Å².